The molecule has 2 amide bonds. The standard InChI is InChI=1S/C28H27F3N6O3/c1-14-4-5-19-15(6-14)7-16(23(39)34-19)8-18(11-32)33-24(40)22-27-12-26(27,25(27,2)3)13-37(22)21(38)10-17-9-20(36-35-17)28(29,30)31/h4-7,9,18,22H,8,10,12-13H2,1-3H3,(H,33,40)(H,34,39)(H,35,36)/t18-,22+,26?,27?/m0/s1. The Morgan fingerprint density at radius 3 is 2.67 bits per heavy atom. The number of nitrogens with zero attached hydrogens (tertiary/aromatic N) is 3. The van der Waals surface area contributed by atoms with Crippen LogP contribution in [0.15, 0.2) is 35.1 Å². The number of hydrogen-bond acceptors (Lipinski definition) is 5. The number of halogens is 3. The van der Waals surface area contributed by atoms with E-state index in [1.165, 1.54) is 4.90 Å². The molecule has 3 aliphatic rings. The van der Waals surface area contributed by atoms with Gasteiger partial charge in [-0.05, 0) is 48.4 Å². The fourth-order valence-corrected chi connectivity index (χ4v) is 7.29. The van der Waals surface area contributed by atoms with Crippen LogP contribution in [0.3, 0.4) is 0 Å². The van der Waals surface area contributed by atoms with Gasteiger partial charge in [-0.25, -0.2) is 0 Å². The number of likely N-dealkylation sites (tertiary alicyclic amines) is 1. The predicted octanol–water partition coefficient (Wildman–Crippen LogP) is 3.00. The first-order valence-electron chi connectivity index (χ1n) is 13.0. The highest BCUT2D eigenvalue weighted by Crippen LogP contribution is 3.00. The molecule has 2 aromatic heterocycles. The average molecular weight is 553 g/mol. The van der Waals surface area contributed by atoms with E-state index in [9.17, 15) is 32.8 Å². The molecule has 2 saturated carbocycles. The third-order valence-corrected chi connectivity index (χ3v) is 9.58. The number of piperidine rings is 2. The van der Waals surface area contributed by atoms with E-state index >= 15 is 0 Å². The second-order valence-corrected chi connectivity index (χ2v) is 11.8. The van der Waals surface area contributed by atoms with Gasteiger partial charge >= 0.3 is 6.18 Å². The van der Waals surface area contributed by atoms with Crippen LogP contribution in [0.5, 0.6) is 0 Å². The Labute approximate surface area is 226 Å². The summed E-state index contributed by atoms with van der Waals surface area (Å²) < 4.78 is 38.9. The largest absolute Gasteiger partial charge is 0.435 e. The summed E-state index contributed by atoms with van der Waals surface area (Å²) in [7, 11) is 0. The molecule has 2 aliphatic carbocycles. The minimum absolute atomic E-state index is 0.000609. The average Bonchev–Trinajstić information content (AvgIpc) is 3.38. The van der Waals surface area contributed by atoms with Crippen molar-refractivity contribution in [3.63, 3.8) is 0 Å². The number of benzene rings is 1. The monoisotopic (exact) mass is 552 g/mol. The third-order valence-electron chi connectivity index (χ3n) is 9.58. The van der Waals surface area contributed by atoms with Crippen molar-refractivity contribution in [2.45, 2.75) is 58.3 Å². The van der Waals surface area contributed by atoms with Gasteiger partial charge in [-0.2, -0.15) is 23.5 Å². The highest BCUT2D eigenvalue weighted by Gasteiger charge is 3.01. The van der Waals surface area contributed by atoms with Crippen molar-refractivity contribution in [1.29, 1.82) is 5.26 Å². The Balaban J connectivity index is 1.22. The molecular weight excluding hydrogens is 525 g/mol. The molecule has 3 fully saturated rings. The molecule has 1 saturated heterocycles. The van der Waals surface area contributed by atoms with Crippen molar-refractivity contribution >= 4 is 22.7 Å². The number of carbonyl (C=O) groups is 2. The van der Waals surface area contributed by atoms with Gasteiger partial charge in [0, 0.05) is 40.6 Å². The molecule has 4 atom stereocenters. The smallest absolute Gasteiger partial charge is 0.338 e. The summed E-state index contributed by atoms with van der Waals surface area (Å²) in [5.41, 5.74) is -0.319. The lowest BCUT2D eigenvalue weighted by molar-refractivity contribution is -0.143. The van der Waals surface area contributed by atoms with E-state index in [1.54, 1.807) is 12.1 Å². The second-order valence-electron chi connectivity index (χ2n) is 11.8. The molecule has 3 N–H and O–H groups in total. The lowest BCUT2D eigenvalue weighted by Gasteiger charge is -2.39. The van der Waals surface area contributed by atoms with Crippen LogP contribution in [-0.4, -0.2) is 50.5 Å². The molecule has 208 valence electrons. The van der Waals surface area contributed by atoms with Crippen molar-refractivity contribution in [1.82, 2.24) is 25.4 Å². The number of aromatic amines is 2. The van der Waals surface area contributed by atoms with Gasteiger partial charge in [-0.3, -0.25) is 19.5 Å². The number of amides is 2. The summed E-state index contributed by atoms with van der Waals surface area (Å²) in [5, 5.41) is 18.9. The van der Waals surface area contributed by atoms with Crippen molar-refractivity contribution in [3.8, 4) is 6.07 Å². The molecule has 6 rings (SSSR count). The van der Waals surface area contributed by atoms with E-state index in [1.807, 2.05) is 32.9 Å². The van der Waals surface area contributed by atoms with Crippen molar-refractivity contribution in [3.05, 3.63) is 63.2 Å². The minimum Gasteiger partial charge on any atom is -0.338 e. The van der Waals surface area contributed by atoms with Crippen LogP contribution in [0.4, 0.5) is 13.2 Å². The van der Waals surface area contributed by atoms with Crippen LogP contribution < -0.4 is 10.9 Å². The number of fused-ring (bicyclic) bond motifs is 1. The van der Waals surface area contributed by atoms with Gasteiger partial charge in [-0.1, -0.05) is 25.5 Å². The Morgan fingerprint density at radius 2 is 2.02 bits per heavy atom. The topological polar surface area (TPSA) is 135 Å². The number of pyridine rings is 1. The summed E-state index contributed by atoms with van der Waals surface area (Å²) in [6.07, 6.45) is -4.28. The Morgan fingerprint density at radius 1 is 1.27 bits per heavy atom. The van der Waals surface area contributed by atoms with Crippen LogP contribution in [0, 0.1) is 34.5 Å². The first-order valence-corrected chi connectivity index (χ1v) is 13.0. The SMILES string of the molecule is Cc1ccc2[nH]c(=O)c(C[C@@H](C#N)NC(=O)[C@H]3N(C(=O)Cc4cc(C(F)(F)F)n[nH]4)CC45CC34C5(C)C)cc2c1. The fourth-order valence-electron chi connectivity index (χ4n) is 7.29. The maximum absolute atomic E-state index is 13.7. The van der Waals surface area contributed by atoms with Crippen LogP contribution in [0.2, 0.25) is 0 Å². The lowest BCUT2D eigenvalue weighted by Crippen LogP contribution is -2.56. The van der Waals surface area contributed by atoms with E-state index in [2.05, 4.69) is 26.6 Å². The fraction of sp³-hybridized carbons (Fsp3) is 0.464. The molecule has 9 nitrogen and oxygen atoms in total. The first kappa shape index (κ1) is 26.1. The zero-order chi connectivity index (χ0) is 28.8. The Hall–Kier alpha value is -4.14. The number of aromatic nitrogens is 3. The molecular formula is C28H27F3N6O3. The first-order chi connectivity index (χ1) is 18.7. The minimum atomic E-state index is -4.64. The van der Waals surface area contributed by atoms with Gasteiger partial charge in [0.15, 0.2) is 5.69 Å². The molecule has 0 bridgehead atoms. The van der Waals surface area contributed by atoms with Crippen LogP contribution in [0.1, 0.15) is 42.8 Å². The zero-order valence-corrected chi connectivity index (χ0v) is 22.1. The van der Waals surface area contributed by atoms with Gasteiger partial charge in [-0.15, -0.1) is 0 Å². The quantitative estimate of drug-likeness (QED) is 0.432. The van der Waals surface area contributed by atoms with Gasteiger partial charge in [0.25, 0.3) is 5.56 Å². The van der Waals surface area contributed by atoms with Crippen molar-refractivity contribution in [2.24, 2.45) is 16.2 Å². The second kappa shape index (κ2) is 8.19. The summed E-state index contributed by atoms with van der Waals surface area (Å²) in [6.45, 7) is 6.33. The highest BCUT2D eigenvalue weighted by molar-refractivity contribution is 5.93. The maximum Gasteiger partial charge on any atom is 0.435 e. The predicted molar refractivity (Wildman–Crippen MR) is 137 cm³/mol. The number of nitriles is 1. The normalized spacial score (nSPS) is 26.5. The number of alkyl halides is 3. The molecule has 2 unspecified atom stereocenters. The Kier molecular flexibility index (Phi) is 5.34. The van der Waals surface area contributed by atoms with Crippen LogP contribution in [-0.2, 0) is 28.6 Å². The number of H-pyrrole nitrogens is 2. The number of nitrogens with one attached hydrogen (secondary N) is 3. The zero-order valence-electron chi connectivity index (χ0n) is 22.1. The summed E-state index contributed by atoms with van der Waals surface area (Å²) in [6, 6.07) is 8.25. The summed E-state index contributed by atoms with van der Waals surface area (Å²) in [4.78, 5) is 43.9. The van der Waals surface area contributed by atoms with E-state index in [-0.39, 0.29) is 34.9 Å². The van der Waals surface area contributed by atoms with Crippen molar-refractivity contribution in [2.75, 3.05) is 6.54 Å². The van der Waals surface area contributed by atoms with E-state index in [0.29, 0.717) is 17.6 Å². The van der Waals surface area contributed by atoms with E-state index in [4.69, 9.17) is 0 Å². The maximum atomic E-state index is 13.7. The number of carbonyl (C=O) groups excluding carboxylic acids is 2. The van der Waals surface area contributed by atoms with Gasteiger partial charge < -0.3 is 15.2 Å². The lowest BCUT2D eigenvalue weighted by atomic mass is 9.80. The van der Waals surface area contributed by atoms with E-state index in [0.717, 1.165) is 23.4 Å². The summed E-state index contributed by atoms with van der Waals surface area (Å²) >= 11 is 0. The van der Waals surface area contributed by atoms with Crippen molar-refractivity contribution < 1.29 is 22.8 Å². The molecule has 0 radical (unpaired) electrons. The molecule has 3 heterocycles. The Bertz CT molecular complexity index is 1680. The van der Waals surface area contributed by atoms with Gasteiger partial charge in [0.05, 0.1) is 12.5 Å². The number of hydrogen-bond donors (Lipinski definition) is 3. The molecule has 12 heteroatoms. The molecule has 1 aromatic carbocycles. The van der Waals surface area contributed by atoms with Gasteiger partial charge in [0.1, 0.15) is 12.1 Å². The molecule has 40 heavy (non-hydrogen) atoms. The molecule has 0 spiro atoms. The number of rotatable bonds is 6. The summed E-state index contributed by atoms with van der Waals surface area (Å²) in [5.74, 6) is -0.993. The highest BCUT2D eigenvalue weighted by atomic mass is 19.4. The van der Waals surface area contributed by atoms with Crippen LogP contribution in [0.25, 0.3) is 10.9 Å². The molecule has 1 aliphatic heterocycles. The van der Waals surface area contributed by atoms with E-state index < -0.39 is 41.2 Å². The van der Waals surface area contributed by atoms with Crippen LogP contribution >= 0.6 is 0 Å². The number of aryl methyl sites for hydroxylation is 1. The molecule has 3 aromatic rings. The third kappa shape index (κ3) is 3.52. The van der Waals surface area contributed by atoms with Gasteiger partial charge in [0.2, 0.25) is 11.8 Å².